The molecule has 5 heteroatoms. The standard InChI is InChI=1S/C23H21N3O2/c1-28-15-21-25-20-13-12-18(24)14-19(20)23(27)26(21)22(16-8-4-2-5-9-16)17-10-6-3-7-11-17/h2-14,22H,15,24H2,1H3. The molecular weight excluding hydrogens is 350 g/mol. The molecule has 0 fully saturated rings. The van der Waals surface area contributed by atoms with Crippen LogP contribution in [0.15, 0.2) is 83.7 Å². The number of methoxy groups -OCH3 is 1. The number of benzene rings is 3. The number of rotatable bonds is 5. The van der Waals surface area contributed by atoms with Gasteiger partial charge in [-0.1, -0.05) is 60.7 Å². The van der Waals surface area contributed by atoms with Gasteiger partial charge in [0.15, 0.2) is 0 Å². The zero-order valence-corrected chi connectivity index (χ0v) is 15.6. The van der Waals surface area contributed by atoms with E-state index in [-0.39, 0.29) is 18.2 Å². The van der Waals surface area contributed by atoms with Gasteiger partial charge in [0.1, 0.15) is 12.4 Å². The van der Waals surface area contributed by atoms with E-state index in [0.29, 0.717) is 22.4 Å². The van der Waals surface area contributed by atoms with E-state index in [1.54, 1.807) is 29.9 Å². The van der Waals surface area contributed by atoms with Crippen LogP contribution >= 0.6 is 0 Å². The van der Waals surface area contributed by atoms with E-state index in [0.717, 1.165) is 11.1 Å². The summed E-state index contributed by atoms with van der Waals surface area (Å²) < 4.78 is 7.09. The van der Waals surface area contributed by atoms with Gasteiger partial charge < -0.3 is 10.5 Å². The minimum Gasteiger partial charge on any atom is -0.399 e. The molecule has 1 aromatic heterocycles. The van der Waals surface area contributed by atoms with Crippen LogP contribution in [0.2, 0.25) is 0 Å². The molecule has 0 bridgehead atoms. The normalized spacial score (nSPS) is 11.2. The summed E-state index contributed by atoms with van der Waals surface area (Å²) in [4.78, 5) is 18.3. The van der Waals surface area contributed by atoms with Crippen molar-refractivity contribution in [2.45, 2.75) is 12.6 Å². The minimum atomic E-state index is -0.321. The lowest BCUT2D eigenvalue weighted by Crippen LogP contribution is -2.31. The first kappa shape index (κ1) is 17.9. The molecule has 0 atom stereocenters. The lowest BCUT2D eigenvalue weighted by molar-refractivity contribution is 0.172. The summed E-state index contributed by atoms with van der Waals surface area (Å²) >= 11 is 0. The number of anilines is 1. The lowest BCUT2D eigenvalue weighted by atomic mass is 9.98. The third kappa shape index (κ3) is 3.28. The van der Waals surface area contributed by atoms with Crippen LogP contribution in [0.1, 0.15) is 23.0 Å². The van der Waals surface area contributed by atoms with Crippen LogP contribution in [0.25, 0.3) is 10.9 Å². The fraction of sp³-hybridized carbons (Fsp3) is 0.130. The summed E-state index contributed by atoms with van der Waals surface area (Å²) in [6.07, 6.45) is 0. The molecular formula is C23H21N3O2. The molecule has 0 saturated heterocycles. The molecule has 3 aromatic carbocycles. The second-order valence-corrected chi connectivity index (χ2v) is 6.64. The van der Waals surface area contributed by atoms with Gasteiger partial charge in [0.25, 0.3) is 5.56 Å². The highest BCUT2D eigenvalue weighted by Gasteiger charge is 2.22. The topological polar surface area (TPSA) is 70.1 Å². The van der Waals surface area contributed by atoms with Crippen molar-refractivity contribution in [1.29, 1.82) is 0 Å². The summed E-state index contributed by atoms with van der Waals surface area (Å²) in [5.41, 5.74) is 8.95. The average Bonchev–Trinajstić information content (AvgIpc) is 2.73. The molecule has 0 amide bonds. The molecule has 2 N–H and O–H groups in total. The highest BCUT2D eigenvalue weighted by Crippen LogP contribution is 2.27. The number of fused-ring (bicyclic) bond motifs is 1. The Morgan fingerprint density at radius 2 is 1.57 bits per heavy atom. The maximum atomic E-state index is 13.6. The van der Waals surface area contributed by atoms with E-state index < -0.39 is 0 Å². The summed E-state index contributed by atoms with van der Waals surface area (Å²) in [5, 5.41) is 0.497. The Morgan fingerprint density at radius 3 is 2.14 bits per heavy atom. The fourth-order valence-electron chi connectivity index (χ4n) is 3.52. The summed E-state index contributed by atoms with van der Waals surface area (Å²) in [6, 6.07) is 24.8. The van der Waals surface area contributed by atoms with Gasteiger partial charge in [0, 0.05) is 12.8 Å². The van der Waals surface area contributed by atoms with Crippen LogP contribution in [-0.2, 0) is 11.3 Å². The number of nitrogens with two attached hydrogens (primary N) is 1. The first-order valence-electron chi connectivity index (χ1n) is 9.08. The third-order valence-electron chi connectivity index (χ3n) is 4.76. The van der Waals surface area contributed by atoms with Crippen molar-refractivity contribution < 1.29 is 4.74 Å². The summed E-state index contributed by atoms with van der Waals surface area (Å²) in [7, 11) is 1.60. The second kappa shape index (κ2) is 7.66. The maximum absolute atomic E-state index is 13.6. The zero-order chi connectivity index (χ0) is 19.5. The van der Waals surface area contributed by atoms with E-state index in [4.69, 9.17) is 15.5 Å². The Hall–Kier alpha value is -3.44. The van der Waals surface area contributed by atoms with Crippen LogP contribution < -0.4 is 11.3 Å². The van der Waals surface area contributed by atoms with Crippen molar-refractivity contribution in [3.8, 4) is 0 Å². The molecule has 0 saturated carbocycles. The number of hydrogen-bond acceptors (Lipinski definition) is 4. The van der Waals surface area contributed by atoms with Crippen molar-refractivity contribution in [2.75, 3.05) is 12.8 Å². The van der Waals surface area contributed by atoms with Crippen LogP contribution in [-0.4, -0.2) is 16.7 Å². The Bertz CT molecular complexity index is 1120. The molecule has 4 rings (SSSR count). The van der Waals surface area contributed by atoms with Crippen molar-refractivity contribution in [2.24, 2.45) is 0 Å². The molecule has 0 radical (unpaired) electrons. The molecule has 0 aliphatic carbocycles. The predicted molar refractivity (Wildman–Crippen MR) is 111 cm³/mol. The Kier molecular flexibility index (Phi) is 4.91. The van der Waals surface area contributed by atoms with Crippen molar-refractivity contribution in [1.82, 2.24) is 9.55 Å². The van der Waals surface area contributed by atoms with E-state index in [1.165, 1.54) is 0 Å². The first-order chi connectivity index (χ1) is 13.7. The van der Waals surface area contributed by atoms with Gasteiger partial charge in [-0.3, -0.25) is 9.36 Å². The maximum Gasteiger partial charge on any atom is 0.262 e. The molecule has 0 aliphatic rings. The summed E-state index contributed by atoms with van der Waals surface area (Å²) in [5.74, 6) is 0.572. The van der Waals surface area contributed by atoms with Crippen molar-refractivity contribution in [3.05, 3.63) is 106 Å². The quantitative estimate of drug-likeness (QED) is 0.542. The van der Waals surface area contributed by atoms with Crippen LogP contribution in [0.5, 0.6) is 0 Å². The molecule has 1 heterocycles. The third-order valence-corrected chi connectivity index (χ3v) is 4.76. The highest BCUT2D eigenvalue weighted by molar-refractivity contribution is 5.81. The van der Waals surface area contributed by atoms with E-state index in [2.05, 4.69) is 0 Å². The molecule has 0 aliphatic heterocycles. The summed E-state index contributed by atoms with van der Waals surface area (Å²) in [6.45, 7) is 0.228. The van der Waals surface area contributed by atoms with Crippen LogP contribution in [0.3, 0.4) is 0 Å². The molecule has 140 valence electrons. The predicted octanol–water partition coefficient (Wildman–Crippen LogP) is 3.76. The van der Waals surface area contributed by atoms with Gasteiger partial charge in [0.05, 0.1) is 16.9 Å². The van der Waals surface area contributed by atoms with Gasteiger partial charge in [0.2, 0.25) is 0 Å². The Labute approximate surface area is 163 Å². The van der Waals surface area contributed by atoms with E-state index >= 15 is 0 Å². The second-order valence-electron chi connectivity index (χ2n) is 6.64. The van der Waals surface area contributed by atoms with Gasteiger partial charge in [-0.2, -0.15) is 0 Å². The number of hydrogen-bond donors (Lipinski definition) is 1. The van der Waals surface area contributed by atoms with Gasteiger partial charge >= 0.3 is 0 Å². The van der Waals surface area contributed by atoms with Gasteiger partial charge in [-0.15, -0.1) is 0 Å². The highest BCUT2D eigenvalue weighted by atomic mass is 16.5. The van der Waals surface area contributed by atoms with E-state index in [9.17, 15) is 4.79 Å². The number of ether oxygens (including phenoxy) is 1. The fourth-order valence-corrected chi connectivity index (χ4v) is 3.52. The SMILES string of the molecule is COCc1nc2ccc(N)cc2c(=O)n1C(c1ccccc1)c1ccccc1. The molecule has 4 aromatic rings. The van der Waals surface area contributed by atoms with Gasteiger partial charge in [-0.25, -0.2) is 4.98 Å². The molecule has 0 spiro atoms. The molecule has 28 heavy (non-hydrogen) atoms. The van der Waals surface area contributed by atoms with Crippen LogP contribution in [0.4, 0.5) is 5.69 Å². The average molecular weight is 371 g/mol. The first-order valence-corrected chi connectivity index (χ1v) is 9.08. The Morgan fingerprint density at radius 1 is 0.964 bits per heavy atom. The number of nitrogen functional groups attached to an aromatic ring is 1. The minimum absolute atomic E-state index is 0.137. The number of aromatic nitrogens is 2. The van der Waals surface area contributed by atoms with Crippen LogP contribution in [0, 0.1) is 0 Å². The largest absolute Gasteiger partial charge is 0.399 e. The monoisotopic (exact) mass is 371 g/mol. The lowest BCUT2D eigenvalue weighted by Gasteiger charge is -2.24. The smallest absolute Gasteiger partial charge is 0.262 e. The molecule has 0 unspecified atom stereocenters. The number of nitrogens with zero attached hydrogens (tertiary/aromatic N) is 2. The Balaban J connectivity index is 2.06. The molecule has 5 nitrogen and oxygen atoms in total. The van der Waals surface area contributed by atoms with Crippen molar-refractivity contribution >= 4 is 16.6 Å². The van der Waals surface area contributed by atoms with Gasteiger partial charge in [-0.05, 0) is 29.3 Å². The zero-order valence-electron chi connectivity index (χ0n) is 15.6. The van der Waals surface area contributed by atoms with Crippen molar-refractivity contribution in [3.63, 3.8) is 0 Å². The van der Waals surface area contributed by atoms with E-state index in [1.807, 2.05) is 60.7 Å².